The summed E-state index contributed by atoms with van der Waals surface area (Å²) in [6, 6.07) is 44.9. The maximum Gasteiger partial charge on any atom is 0.265 e. The molecule has 0 radical (unpaired) electrons. The molecule has 1 heterocycles. The van der Waals surface area contributed by atoms with Gasteiger partial charge in [0.05, 0.1) is 18.0 Å². The van der Waals surface area contributed by atoms with Crippen LogP contribution < -0.4 is 14.4 Å². The van der Waals surface area contributed by atoms with Gasteiger partial charge in [0, 0.05) is 59.6 Å². The fourth-order valence-electron chi connectivity index (χ4n) is 6.78. The third-order valence-corrected chi connectivity index (χ3v) is 10.5. The Kier molecular flexibility index (Phi) is 8.87. The molecule has 1 aromatic heterocycles. The van der Waals surface area contributed by atoms with E-state index in [0.717, 1.165) is 33.1 Å². The number of carbonyl (C=O) groups excluding carboxylic acids is 1. The smallest absolute Gasteiger partial charge is 0.265 e. The Labute approximate surface area is 292 Å². The van der Waals surface area contributed by atoms with E-state index >= 15 is 0 Å². The number of carbonyl (C=O) groups is 1. The van der Waals surface area contributed by atoms with Crippen molar-refractivity contribution in [1.29, 1.82) is 0 Å². The van der Waals surface area contributed by atoms with Gasteiger partial charge < -0.3 is 14.2 Å². The average molecular weight is 680 g/mol. The van der Waals surface area contributed by atoms with Crippen molar-refractivity contribution in [2.24, 2.45) is 0 Å². The van der Waals surface area contributed by atoms with Crippen molar-refractivity contribution in [3.63, 3.8) is 0 Å². The fraction of sp³-hybridized carbons (Fsp3) is 0.119. The van der Waals surface area contributed by atoms with Crippen molar-refractivity contribution < 1.29 is 17.9 Å². The first-order chi connectivity index (χ1) is 24.2. The van der Waals surface area contributed by atoms with Gasteiger partial charge in [-0.25, -0.2) is 13.1 Å². The molecule has 1 amide bonds. The number of amides is 1. The standard InChI is InChI=1S/C42H37N3O4S/c1-44(2)37-22-12-20-36-35(37)19-13-23-40(36)50(47,48)43-42(46)32-25-24-31(39(27-32)49-3)26-33-28-45(38-21-11-10-18-34(33)38)41(29-14-6-4-7-15-29)30-16-8-5-9-17-30/h4-25,27-28,41H,26H2,1-3H3,(H,43,46). The van der Waals surface area contributed by atoms with Crippen LogP contribution in [0.2, 0.25) is 0 Å². The highest BCUT2D eigenvalue weighted by Crippen LogP contribution is 2.35. The molecule has 0 saturated carbocycles. The van der Waals surface area contributed by atoms with Gasteiger partial charge in [0.1, 0.15) is 5.75 Å². The summed E-state index contributed by atoms with van der Waals surface area (Å²) in [5, 5.41) is 2.43. The van der Waals surface area contributed by atoms with Crippen LogP contribution in [0.3, 0.4) is 0 Å². The molecule has 50 heavy (non-hydrogen) atoms. The van der Waals surface area contributed by atoms with Crippen LogP contribution in [0.25, 0.3) is 21.7 Å². The van der Waals surface area contributed by atoms with Crippen molar-refractivity contribution in [1.82, 2.24) is 9.29 Å². The van der Waals surface area contributed by atoms with Gasteiger partial charge in [-0.15, -0.1) is 0 Å². The molecule has 0 unspecified atom stereocenters. The van der Waals surface area contributed by atoms with Crippen LogP contribution in [0.15, 0.2) is 151 Å². The minimum absolute atomic E-state index is 0.0383. The number of fused-ring (bicyclic) bond motifs is 2. The number of hydrogen-bond acceptors (Lipinski definition) is 5. The lowest BCUT2D eigenvalue weighted by atomic mass is 9.98. The SMILES string of the molecule is COc1cc(C(=O)NS(=O)(=O)c2cccc3c(N(C)C)cccc23)ccc1Cc1cn(C(c2ccccc2)c2ccccc2)c2ccccc12. The van der Waals surface area contributed by atoms with E-state index in [2.05, 4.69) is 82.2 Å². The van der Waals surface area contributed by atoms with E-state index < -0.39 is 15.9 Å². The number of ether oxygens (including phenoxy) is 1. The summed E-state index contributed by atoms with van der Waals surface area (Å²) < 4.78 is 37.5. The van der Waals surface area contributed by atoms with E-state index in [4.69, 9.17) is 4.74 Å². The van der Waals surface area contributed by atoms with Crippen LogP contribution in [0, 0.1) is 0 Å². The summed E-state index contributed by atoms with van der Waals surface area (Å²) >= 11 is 0. The molecule has 0 aliphatic rings. The van der Waals surface area contributed by atoms with Gasteiger partial charge >= 0.3 is 0 Å². The maximum absolute atomic E-state index is 13.6. The van der Waals surface area contributed by atoms with E-state index in [1.807, 2.05) is 61.5 Å². The Morgan fingerprint density at radius 3 is 2.02 bits per heavy atom. The number of nitrogens with one attached hydrogen (secondary N) is 1. The van der Waals surface area contributed by atoms with Crippen LogP contribution in [-0.2, 0) is 16.4 Å². The largest absolute Gasteiger partial charge is 0.496 e. The highest BCUT2D eigenvalue weighted by atomic mass is 32.2. The molecule has 0 aliphatic heterocycles. The third kappa shape index (κ3) is 6.21. The van der Waals surface area contributed by atoms with Crippen LogP contribution in [-0.4, -0.2) is 40.1 Å². The molecule has 0 spiro atoms. The Bertz CT molecular complexity index is 2400. The topological polar surface area (TPSA) is 80.6 Å². The summed E-state index contributed by atoms with van der Waals surface area (Å²) in [5.41, 5.74) is 6.49. The monoisotopic (exact) mass is 679 g/mol. The molecule has 0 bridgehead atoms. The number of aromatic nitrogens is 1. The van der Waals surface area contributed by atoms with Crippen LogP contribution in [0.4, 0.5) is 5.69 Å². The van der Waals surface area contributed by atoms with Gasteiger partial charge in [0.15, 0.2) is 0 Å². The molecular weight excluding hydrogens is 643 g/mol. The lowest BCUT2D eigenvalue weighted by Crippen LogP contribution is -2.30. The molecule has 250 valence electrons. The molecule has 0 fully saturated rings. The summed E-state index contributed by atoms with van der Waals surface area (Å²) in [5.74, 6) is -0.240. The van der Waals surface area contributed by atoms with E-state index in [0.29, 0.717) is 17.6 Å². The zero-order chi connectivity index (χ0) is 34.8. The van der Waals surface area contributed by atoms with Crippen LogP contribution >= 0.6 is 0 Å². The summed E-state index contributed by atoms with van der Waals surface area (Å²) in [6.07, 6.45) is 2.74. The maximum atomic E-state index is 13.6. The third-order valence-electron chi connectivity index (χ3n) is 9.12. The second-order valence-electron chi connectivity index (χ2n) is 12.5. The van der Waals surface area contributed by atoms with Crippen LogP contribution in [0.5, 0.6) is 5.75 Å². The second kappa shape index (κ2) is 13.6. The highest BCUT2D eigenvalue weighted by Gasteiger charge is 2.24. The summed E-state index contributed by atoms with van der Waals surface area (Å²) in [6.45, 7) is 0. The first-order valence-electron chi connectivity index (χ1n) is 16.4. The Balaban J connectivity index is 1.21. The number of rotatable bonds is 10. The van der Waals surface area contributed by atoms with E-state index in [1.54, 1.807) is 31.4 Å². The van der Waals surface area contributed by atoms with Gasteiger partial charge in [-0.05, 0) is 52.6 Å². The number of anilines is 1. The molecular formula is C42H37N3O4S. The van der Waals surface area contributed by atoms with Crippen LogP contribution in [0.1, 0.15) is 38.7 Å². The lowest BCUT2D eigenvalue weighted by Gasteiger charge is -2.21. The van der Waals surface area contributed by atoms with Crippen molar-refractivity contribution in [2.45, 2.75) is 17.4 Å². The predicted octanol–water partition coefficient (Wildman–Crippen LogP) is 8.22. The van der Waals surface area contributed by atoms with Gasteiger partial charge in [-0.1, -0.05) is 109 Å². The molecule has 6 aromatic carbocycles. The molecule has 0 aliphatic carbocycles. The lowest BCUT2D eigenvalue weighted by molar-refractivity contribution is 0.0981. The Morgan fingerprint density at radius 2 is 1.34 bits per heavy atom. The normalized spacial score (nSPS) is 11.6. The molecule has 0 atom stereocenters. The van der Waals surface area contributed by atoms with Crippen molar-refractivity contribution >= 4 is 43.3 Å². The first-order valence-corrected chi connectivity index (χ1v) is 17.8. The number of benzene rings is 6. The fourth-order valence-corrected chi connectivity index (χ4v) is 7.98. The van der Waals surface area contributed by atoms with Crippen molar-refractivity contribution in [3.05, 3.63) is 174 Å². The van der Waals surface area contributed by atoms with E-state index in [-0.39, 0.29) is 16.5 Å². The quantitative estimate of drug-likeness (QED) is 0.158. The van der Waals surface area contributed by atoms with Gasteiger partial charge in [0.25, 0.3) is 15.9 Å². The minimum Gasteiger partial charge on any atom is -0.496 e. The number of nitrogens with zero attached hydrogens (tertiary/aromatic N) is 2. The van der Waals surface area contributed by atoms with Gasteiger partial charge in [-0.2, -0.15) is 0 Å². The van der Waals surface area contributed by atoms with Crippen molar-refractivity contribution in [2.75, 3.05) is 26.1 Å². The average Bonchev–Trinajstić information content (AvgIpc) is 3.49. The number of sulfonamides is 1. The van der Waals surface area contributed by atoms with Gasteiger partial charge in [-0.3, -0.25) is 4.79 Å². The number of hydrogen-bond donors (Lipinski definition) is 1. The zero-order valence-corrected chi connectivity index (χ0v) is 28.9. The van der Waals surface area contributed by atoms with E-state index in [1.165, 1.54) is 17.2 Å². The predicted molar refractivity (Wildman–Crippen MR) is 201 cm³/mol. The summed E-state index contributed by atoms with van der Waals surface area (Å²) in [7, 11) is 1.17. The van der Waals surface area contributed by atoms with Crippen molar-refractivity contribution in [3.8, 4) is 5.75 Å². The number of methoxy groups -OCH3 is 1. The van der Waals surface area contributed by atoms with Gasteiger partial charge in [0.2, 0.25) is 0 Å². The molecule has 1 N–H and O–H groups in total. The molecule has 7 rings (SSSR count). The number of para-hydroxylation sites is 1. The minimum atomic E-state index is -4.19. The zero-order valence-electron chi connectivity index (χ0n) is 28.1. The highest BCUT2D eigenvalue weighted by molar-refractivity contribution is 7.90. The molecule has 7 aromatic rings. The molecule has 0 saturated heterocycles. The molecule has 7 nitrogen and oxygen atoms in total. The van der Waals surface area contributed by atoms with E-state index in [9.17, 15) is 13.2 Å². The Hall–Kier alpha value is -5.86. The first kappa shape index (κ1) is 32.7. The summed E-state index contributed by atoms with van der Waals surface area (Å²) in [4.78, 5) is 15.4. The molecule has 8 heteroatoms. The second-order valence-corrected chi connectivity index (χ2v) is 14.1. The Morgan fingerprint density at radius 1 is 0.720 bits per heavy atom.